The van der Waals surface area contributed by atoms with Crippen LogP contribution in [0.3, 0.4) is 0 Å². The van der Waals surface area contributed by atoms with Crippen molar-refractivity contribution in [2.24, 2.45) is 11.8 Å². The van der Waals surface area contributed by atoms with Crippen LogP contribution in [0.1, 0.15) is 46.5 Å². The Hall–Kier alpha value is -0.130. The first-order valence-electron chi connectivity index (χ1n) is 7.13. The molecule has 3 unspecified atom stereocenters. The number of hydrogen-bond donors (Lipinski definition) is 2. The Kier molecular flexibility index (Phi) is 6.60. The number of sulfonamides is 1. The van der Waals surface area contributed by atoms with Crippen molar-refractivity contribution >= 4 is 10.0 Å². The Morgan fingerprint density at radius 1 is 1.39 bits per heavy atom. The van der Waals surface area contributed by atoms with Crippen molar-refractivity contribution in [3.63, 3.8) is 0 Å². The Morgan fingerprint density at radius 3 is 2.67 bits per heavy atom. The van der Waals surface area contributed by atoms with Gasteiger partial charge < -0.3 is 5.32 Å². The molecule has 4 nitrogen and oxygen atoms in total. The molecule has 1 heterocycles. The Bertz CT molecular complexity index is 324. The minimum atomic E-state index is -3.12. The fourth-order valence-electron chi connectivity index (χ4n) is 2.55. The van der Waals surface area contributed by atoms with Crippen molar-refractivity contribution in [3.05, 3.63) is 0 Å². The molecular weight excluding hydrogens is 248 g/mol. The molecule has 1 fully saturated rings. The minimum Gasteiger partial charge on any atom is -0.316 e. The van der Waals surface area contributed by atoms with Gasteiger partial charge in [-0.05, 0) is 51.1 Å². The van der Waals surface area contributed by atoms with E-state index in [0.717, 1.165) is 38.8 Å². The Balaban J connectivity index is 2.38. The van der Waals surface area contributed by atoms with Gasteiger partial charge in [0.15, 0.2) is 0 Å². The summed E-state index contributed by atoms with van der Waals surface area (Å²) in [7, 11) is -3.12. The second kappa shape index (κ2) is 7.46. The van der Waals surface area contributed by atoms with Crippen LogP contribution >= 0.6 is 0 Å². The van der Waals surface area contributed by atoms with E-state index in [4.69, 9.17) is 0 Å². The molecule has 0 aromatic carbocycles. The maximum Gasteiger partial charge on any atom is 0.212 e. The van der Waals surface area contributed by atoms with Gasteiger partial charge in [-0.1, -0.05) is 20.3 Å². The van der Waals surface area contributed by atoms with Crippen LogP contribution in [0.2, 0.25) is 0 Å². The summed E-state index contributed by atoms with van der Waals surface area (Å²) in [6.07, 6.45) is 4.12. The smallest absolute Gasteiger partial charge is 0.212 e. The zero-order valence-electron chi connectivity index (χ0n) is 11.9. The van der Waals surface area contributed by atoms with Gasteiger partial charge in [0.05, 0.1) is 5.75 Å². The summed E-state index contributed by atoms with van der Waals surface area (Å²) in [4.78, 5) is 0. The van der Waals surface area contributed by atoms with Crippen molar-refractivity contribution < 1.29 is 8.42 Å². The number of nitrogens with one attached hydrogen (secondary N) is 2. The highest BCUT2D eigenvalue weighted by Gasteiger charge is 2.22. The quantitative estimate of drug-likeness (QED) is 0.744. The number of rotatable bonds is 7. The van der Waals surface area contributed by atoms with E-state index in [1.807, 2.05) is 6.92 Å². The molecule has 2 N–H and O–H groups in total. The van der Waals surface area contributed by atoms with Gasteiger partial charge in [-0.2, -0.15) is 0 Å². The predicted molar refractivity (Wildman–Crippen MR) is 76.1 cm³/mol. The zero-order chi connectivity index (χ0) is 13.6. The molecule has 0 radical (unpaired) electrons. The maximum atomic E-state index is 12.0. The first kappa shape index (κ1) is 15.9. The van der Waals surface area contributed by atoms with Crippen LogP contribution in [0, 0.1) is 11.8 Å². The van der Waals surface area contributed by atoms with Gasteiger partial charge >= 0.3 is 0 Å². The average Bonchev–Trinajstić information content (AvgIpc) is 2.28. The summed E-state index contributed by atoms with van der Waals surface area (Å²) in [5, 5.41) is 3.26. The van der Waals surface area contributed by atoms with Crippen LogP contribution in [-0.2, 0) is 10.0 Å². The molecule has 0 aromatic rings. The molecule has 18 heavy (non-hydrogen) atoms. The van der Waals surface area contributed by atoms with Crippen LogP contribution in [0.4, 0.5) is 0 Å². The van der Waals surface area contributed by atoms with Gasteiger partial charge in [0.25, 0.3) is 0 Å². The number of piperidine rings is 1. The zero-order valence-corrected chi connectivity index (χ0v) is 12.7. The standard InChI is InChI=1S/C13H28N2O2S/c1-4-11(2)8-12(3)15-18(16,17)10-13-6-5-7-14-9-13/h11-15H,4-10H2,1-3H3. The molecule has 5 heteroatoms. The largest absolute Gasteiger partial charge is 0.316 e. The summed E-state index contributed by atoms with van der Waals surface area (Å²) in [5.74, 6) is 1.11. The summed E-state index contributed by atoms with van der Waals surface area (Å²) in [6, 6.07) is 0.0431. The van der Waals surface area contributed by atoms with Crippen LogP contribution in [0.25, 0.3) is 0 Å². The fourth-order valence-corrected chi connectivity index (χ4v) is 4.26. The van der Waals surface area contributed by atoms with Gasteiger partial charge in [0.2, 0.25) is 10.0 Å². The third-order valence-electron chi connectivity index (χ3n) is 3.69. The Labute approximate surface area is 112 Å². The average molecular weight is 276 g/mol. The van der Waals surface area contributed by atoms with Crippen LogP contribution in [0.5, 0.6) is 0 Å². The monoisotopic (exact) mass is 276 g/mol. The summed E-state index contributed by atoms with van der Waals surface area (Å²) in [5.41, 5.74) is 0. The van der Waals surface area contributed by atoms with E-state index in [0.29, 0.717) is 5.92 Å². The summed E-state index contributed by atoms with van der Waals surface area (Å²) < 4.78 is 26.9. The molecule has 1 aliphatic heterocycles. The molecule has 1 rings (SSSR count). The van der Waals surface area contributed by atoms with E-state index in [2.05, 4.69) is 23.9 Å². The Morgan fingerprint density at radius 2 is 2.11 bits per heavy atom. The van der Waals surface area contributed by atoms with Crippen molar-refractivity contribution in [2.75, 3.05) is 18.8 Å². The highest BCUT2D eigenvalue weighted by Crippen LogP contribution is 2.14. The van der Waals surface area contributed by atoms with Gasteiger partial charge in [-0.3, -0.25) is 0 Å². The summed E-state index contributed by atoms with van der Waals surface area (Å²) in [6.45, 7) is 8.12. The first-order valence-corrected chi connectivity index (χ1v) is 8.79. The van der Waals surface area contributed by atoms with Crippen molar-refractivity contribution in [2.45, 2.75) is 52.5 Å². The maximum absolute atomic E-state index is 12.0. The van der Waals surface area contributed by atoms with E-state index in [-0.39, 0.29) is 17.7 Å². The lowest BCUT2D eigenvalue weighted by Gasteiger charge is -2.24. The van der Waals surface area contributed by atoms with Gasteiger partial charge in [0, 0.05) is 6.04 Å². The fraction of sp³-hybridized carbons (Fsp3) is 1.00. The van der Waals surface area contributed by atoms with Crippen LogP contribution in [0.15, 0.2) is 0 Å². The van der Waals surface area contributed by atoms with E-state index in [9.17, 15) is 8.42 Å². The minimum absolute atomic E-state index is 0.0431. The lowest BCUT2D eigenvalue weighted by atomic mass is 10.0. The van der Waals surface area contributed by atoms with Crippen molar-refractivity contribution in [3.8, 4) is 0 Å². The second-order valence-corrected chi connectivity index (χ2v) is 7.56. The molecule has 108 valence electrons. The lowest BCUT2D eigenvalue weighted by molar-refractivity contribution is 0.399. The molecule has 3 atom stereocenters. The van der Waals surface area contributed by atoms with Gasteiger partial charge in [0.1, 0.15) is 0 Å². The second-order valence-electron chi connectivity index (χ2n) is 5.76. The highest BCUT2D eigenvalue weighted by molar-refractivity contribution is 7.89. The molecule has 0 aromatic heterocycles. The molecule has 0 spiro atoms. The highest BCUT2D eigenvalue weighted by atomic mass is 32.2. The van der Waals surface area contributed by atoms with Crippen molar-refractivity contribution in [1.82, 2.24) is 10.0 Å². The molecular formula is C13H28N2O2S. The molecule has 1 aliphatic rings. The first-order chi connectivity index (χ1) is 8.43. The van der Waals surface area contributed by atoms with Crippen LogP contribution < -0.4 is 10.0 Å². The van der Waals surface area contributed by atoms with Crippen molar-refractivity contribution in [1.29, 1.82) is 0 Å². The summed E-state index contributed by atoms with van der Waals surface area (Å²) >= 11 is 0. The molecule has 1 saturated heterocycles. The van der Waals surface area contributed by atoms with E-state index in [1.165, 1.54) is 0 Å². The lowest BCUT2D eigenvalue weighted by Crippen LogP contribution is -2.40. The molecule has 0 aliphatic carbocycles. The van der Waals surface area contributed by atoms with E-state index >= 15 is 0 Å². The SMILES string of the molecule is CCC(C)CC(C)NS(=O)(=O)CC1CCCNC1. The van der Waals surface area contributed by atoms with Gasteiger partial charge in [-0.25, -0.2) is 13.1 Å². The third-order valence-corrected chi connectivity index (χ3v) is 5.36. The molecule has 0 bridgehead atoms. The molecule has 0 saturated carbocycles. The normalized spacial score (nSPS) is 24.7. The third kappa shape index (κ3) is 6.16. The number of hydrogen-bond acceptors (Lipinski definition) is 3. The molecule has 0 amide bonds. The van der Waals surface area contributed by atoms with Crippen LogP contribution in [-0.4, -0.2) is 33.3 Å². The van der Waals surface area contributed by atoms with E-state index < -0.39 is 10.0 Å². The van der Waals surface area contributed by atoms with Gasteiger partial charge in [-0.15, -0.1) is 0 Å². The topological polar surface area (TPSA) is 58.2 Å². The predicted octanol–water partition coefficient (Wildman–Crippen LogP) is 1.73. The van der Waals surface area contributed by atoms with E-state index in [1.54, 1.807) is 0 Å².